The summed E-state index contributed by atoms with van der Waals surface area (Å²) in [6.45, 7) is 0.685. The average Bonchev–Trinajstić information content (AvgIpc) is 2.35. The Morgan fingerprint density at radius 2 is 2.16 bits per heavy atom. The van der Waals surface area contributed by atoms with Gasteiger partial charge in [-0.25, -0.2) is 4.39 Å². The maximum Gasteiger partial charge on any atom is 0.125 e. The molecule has 2 unspecified atom stereocenters. The van der Waals surface area contributed by atoms with Crippen LogP contribution in [-0.4, -0.2) is 17.3 Å². The molecule has 3 rings (SSSR count). The Labute approximate surface area is 117 Å². The van der Waals surface area contributed by atoms with Crippen LogP contribution in [0.4, 0.5) is 4.39 Å². The first-order chi connectivity index (χ1) is 9.08. The van der Waals surface area contributed by atoms with Crippen molar-refractivity contribution >= 4 is 11.6 Å². The highest BCUT2D eigenvalue weighted by atomic mass is 35.5. The zero-order chi connectivity index (χ0) is 13.5. The molecule has 0 radical (unpaired) electrons. The smallest absolute Gasteiger partial charge is 0.125 e. The SMILES string of the molecule is OC(c1cc(F)cc(Cl)c1)C1CCOC2(CCC2)C1. The van der Waals surface area contributed by atoms with Gasteiger partial charge in [-0.2, -0.15) is 0 Å². The number of halogens is 2. The van der Waals surface area contributed by atoms with Crippen LogP contribution in [0.5, 0.6) is 0 Å². The third-order valence-electron chi connectivity index (χ3n) is 4.47. The summed E-state index contributed by atoms with van der Waals surface area (Å²) in [5.74, 6) is -0.265. The zero-order valence-corrected chi connectivity index (χ0v) is 11.5. The van der Waals surface area contributed by atoms with E-state index >= 15 is 0 Å². The Bertz CT molecular complexity index is 453. The summed E-state index contributed by atoms with van der Waals surface area (Å²) in [6.07, 6.45) is 4.39. The fraction of sp³-hybridized carbons (Fsp3) is 0.600. The van der Waals surface area contributed by atoms with E-state index in [1.807, 2.05) is 0 Å². The lowest BCUT2D eigenvalue weighted by Gasteiger charge is -2.48. The van der Waals surface area contributed by atoms with E-state index in [2.05, 4.69) is 0 Å². The van der Waals surface area contributed by atoms with Crippen molar-refractivity contribution in [1.82, 2.24) is 0 Å². The van der Waals surface area contributed by atoms with E-state index in [1.165, 1.54) is 18.6 Å². The van der Waals surface area contributed by atoms with Crippen LogP contribution < -0.4 is 0 Å². The Morgan fingerprint density at radius 3 is 2.79 bits per heavy atom. The van der Waals surface area contributed by atoms with Crippen LogP contribution in [0, 0.1) is 11.7 Å². The summed E-state index contributed by atoms with van der Waals surface area (Å²) in [5, 5.41) is 10.8. The summed E-state index contributed by atoms with van der Waals surface area (Å²) in [5.41, 5.74) is 0.562. The van der Waals surface area contributed by atoms with Crippen LogP contribution in [0.15, 0.2) is 18.2 Å². The lowest BCUT2D eigenvalue weighted by molar-refractivity contribution is -0.157. The highest BCUT2D eigenvalue weighted by Gasteiger charge is 2.44. The monoisotopic (exact) mass is 284 g/mol. The minimum atomic E-state index is -0.658. The largest absolute Gasteiger partial charge is 0.388 e. The van der Waals surface area contributed by atoms with E-state index in [0.717, 1.165) is 25.7 Å². The topological polar surface area (TPSA) is 29.5 Å². The molecule has 1 aliphatic carbocycles. The molecular formula is C15H18ClFO2. The molecule has 1 heterocycles. The lowest BCUT2D eigenvalue weighted by Crippen LogP contribution is -2.46. The third-order valence-corrected chi connectivity index (χ3v) is 4.69. The second-order valence-electron chi connectivity index (χ2n) is 5.79. The molecule has 19 heavy (non-hydrogen) atoms. The van der Waals surface area contributed by atoms with Gasteiger partial charge in [-0.1, -0.05) is 11.6 Å². The van der Waals surface area contributed by atoms with Crippen molar-refractivity contribution in [2.45, 2.75) is 43.8 Å². The molecule has 1 aliphatic heterocycles. The van der Waals surface area contributed by atoms with Crippen molar-refractivity contribution in [3.8, 4) is 0 Å². The Balaban J connectivity index is 1.77. The van der Waals surface area contributed by atoms with Gasteiger partial charge in [-0.3, -0.25) is 0 Å². The highest BCUT2D eigenvalue weighted by molar-refractivity contribution is 6.30. The predicted molar refractivity (Wildman–Crippen MR) is 71.6 cm³/mol. The molecule has 2 atom stereocenters. The van der Waals surface area contributed by atoms with Gasteiger partial charge in [0.05, 0.1) is 11.7 Å². The van der Waals surface area contributed by atoms with Crippen molar-refractivity contribution in [2.75, 3.05) is 6.61 Å². The number of aliphatic hydroxyl groups is 1. The number of aliphatic hydroxyl groups excluding tert-OH is 1. The van der Waals surface area contributed by atoms with Crippen molar-refractivity contribution in [3.05, 3.63) is 34.6 Å². The van der Waals surface area contributed by atoms with E-state index in [0.29, 0.717) is 17.2 Å². The maximum atomic E-state index is 13.4. The molecule has 0 aromatic heterocycles. The molecule has 1 aromatic rings. The zero-order valence-electron chi connectivity index (χ0n) is 10.7. The Kier molecular flexibility index (Phi) is 3.54. The number of hydrogen-bond donors (Lipinski definition) is 1. The molecule has 2 fully saturated rings. The van der Waals surface area contributed by atoms with Gasteiger partial charge in [-0.15, -0.1) is 0 Å². The first kappa shape index (κ1) is 13.3. The number of benzene rings is 1. The molecule has 0 amide bonds. The molecule has 4 heteroatoms. The summed E-state index contributed by atoms with van der Waals surface area (Å²) < 4.78 is 19.2. The number of rotatable bonds is 2. The first-order valence-electron chi connectivity index (χ1n) is 6.86. The van der Waals surface area contributed by atoms with Gasteiger partial charge < -0.3 is 9.84 Å². The average molecular weight is 285 g/mol. The Morgan fingerprint density at radius 1 is 1.37 bits per heavy atom. The van der Waals surface area contributed by atoms with Crippen molar-refractivity contribution < 1.29 is 14.2 Å². The predicted octanol–water partition coefficient (Wildman–Crippen LogP) is 3.86. The van der Waals surface area contributed by atoms with Gasteiger partial charge in [0.25, 0.3) is 0 Å². The lowest BCUT2D eigenvalue weighted by atomic mass is 9.70. The summed E-state index contributed by atoms with van der Waals surface area (Å²) >= 11 is 5.85. The molecule has 2 aliphatic rings. The Hall–Kier alpha value is -0.640. The normalized spacial score (nSPS) is 27.0. The summed E-state index contributed by atoms with van der Waals surface area (Å²) in [7, 11) is 0. The van der Waals surface area contributed by atoms with Crippen LogP contribution in [0.1, 0.15) is 43.8 Å². The molecule has 1 N–H and O–H groups in total. The highest BCUT2D eigenvalue weighted by Crippen LogP contribution is 2.47. The number of hydrogen-bond acceptors (Lipinski definition) is 2. The molecule has 1 saturated heterocycles. The minimum Gasteiger partial charge on any atom is -0.388 e. The van der Waals surface area contributed by atoms with E-state index in [1.54, 1.807) is 6.07 Å². The summed E-state index contributed by atoms with van der Waals surface area (Å²) in [4.78, 5) is 0. The van der Waals surface area contributed by atoms with Gasteiger partial charge in [0, 0.05) is 11.6 Å². The van der Waals surface area contributed by atoms with Crippen molar-refractivity contribution in [3.63, 3.8) is 0 Å². The molecule has 1 spiro atoms. The molecule has 0 bridgehead atoms. The van der Waals surface area contributed by atoms with Gasteiger partial charge in [-0.05, 0) is 61.8 Å². The van der Waals surface area contributed by atoms with E-state index < -0.39 is 11.9 Å². The first-order valence-corrected chi connectivity index (χ1v) is 7.24. The van der Waals surface area contributed by atoms with Gasteiger partial charge in [0.1, 0.15) is 5.82 Å². The van der Waals surface area contributed by atoms with Crippen LogP contribution in [0.3, 0.4) is 0 Å². The van der Waals surface area contributed by atoms with Crippen LogP contribution in [0.2, 0.25) is 5.02 Å². The van der Waals surface area contributed by atoms with Crippen LogP contribution in [0.25, 0.3) is 0 Å². The number of ether oxygens (including phenoxy) is 1. The standard InChI is InChI=1S/C15H18ClFO2/c16-12-6-11(7-13(17)8-12)14(18)10-2-5-19-15(9-10)3-1-4-15/h6-8,10,14,18H,1-5,9H2. The maximum absolute atomic E-state index is 13.4. The molecular weight excluding hydrogens is 267 g/mol. The van der Waals surface area contributed by atoms with E-state index in [4.69, 9.17) is 16.3 Å². The molecule has 2 nitrogen and oxygen atoms in total. The van der Waals surface area contributed by atoms with E-state index in [9.17, 15) is 9.50 Å². The molecule has 104 valence electrons. The fourth-order valence-corrected chi connectivity index (χ4v) is 3.50. The van der Waals surface area contributed by atoms with Crippen molar-refractivity contribution in [2.24, 2.45) is 5.92 Å². The van der Waals surface area contributed by atoms with Gasteiger partial charge in [0.2, 0.25) is 0 Å². The fourth-order valence-electron chi connectivity index (χ4n) is 3.27. The molecule has 1 saturated carbocycles. The molecule has 1 aromatic carbocycles. The quantitative estimate of drug-likeness (QED) is 0.893. The van der Waals surface area contributed by atoms with Crippen LogP contribution in [-0.2, 0) is 4.74 Å². The van der Waals surface area contributed by atoms with Crippen molar-refractivity contribution in [1.29, 1.82) is 0 Å². The third kappa shape index (κ3) is 2.64. The second-order valence-corrected chi connectivity index (χ2v) is 6.22. The van der Waals surface area contributed by atoms with Crippen LogP contribution >= 0.6 is 11.6 Å². The van der Waals surface area contributed by atoms with Gasteiger partial charge in [0.15, 0.2) is 0 Å². The summed E-state index contributed by atoms with van der Waals surface area (Å²) in [6, 6.07) is 4.28. The van der Waals surface area contributed by atoms with Gasteiger partial charge >= 0.3 is 0 Å². The second kappa shape index (κ2) is 5.04. The minimum absolute atomic E-state index is 0.0129. The van der Waals surface area contributed by atoms with E-state index in [-0.39, 0.29) is 11.5 Å².